The number of nitrogens with two attached hydrogens (primary N) is 1. The molecule has 0 fully saturated rings. The molecule has 0 aliphatic rings. The molecule has 1 unspecified atom stereocenters. The van der Waals surface area contributed by atoms with E-state index < -0.39 is 0 Å². The summed E-state index contributed by atoms with van der Waals surface area (Å²) < 4.78 is 0.328. The van der Waals surface area contributed by atoms with Crippen LogP contribution in [0.1, 0.15) is 97.3 Å². The molecule has 0 aromatic carbocycles. The van der Waals surface area contributed by atoms with E-state index in [2.05, 4.69) is 6.92 Å². The Morgan fingerprint density at radius 3 is 1.64 bits per heavy atom. The maximum atomic E-state index is 12.2. The Bertz CT molecular complexity index is 277. The van der Waals surface area contributed by atoms with Crippen LogP contribution in [0.5, 0.6) is 0 Å². The van der Waals surface area contributed by atoms with E-state index in [-0.39, 0.29) is 12.1 Å². The number of rotatable bonds is 14. The second kappa shape index (κ2) is 13.1. The number of hydrogen-bond acceptors (Lipinski definition) is 2. The van der Waals surface area contributed by atoms with Crippen LogP contribution >= 0.6 is 0 Å². The first-order valence-corrected chi connectivity index (χ1v) is 9.59. The third-order valence-corrected chi connectivity index (χ3v) is 4.88. The van der Waals surface area contributed by atoms with Gasteiger partial charge in [0.2, 0.25) is 0 Å². The minimum Gasteiger partial charge on any atom is -0.281 e. The zero-order chi connectivity index (χ0) is 16.8. The van der Waals surface area contributed by atoms with Gasteiger partial charge in [-0.25, -0.2) is 4.79 Å². The van der Waals surface area contributed by atoms with E-state index in [0.29, 0.717) is 10.9 Å². The third kappa shape index (κ3) is 9.58. The van der Waals surface area contributed by atoms with Gasteiger partial charge in [0.1, 0.15) is 6.17 Å². The number of hydrogen-bond donors (Lipinski definition) is 1. The average Bonchev–Trinajstić information content (AvgIpc) is 2.51. The molecule has 3 heteroatoms. The first-order chi connectivity index (χ1) is 10.5. The number of unbranched alkanes of at least 4 members (excludes halogenated alkanes) is 10. The molecule has 0 aliphatic carbocycles. The Kier molecular flexibility index (Phi) is 12.8. The zero-order valence-electron chi connectivity index (χ0n) is 15.7. The van der Waals surface area contributed by atoms with E-state index in [4.69, 9.17) is 5.73 Å². The largest absolute Gasteiger partial charge is 0.314 e. The van der Waals surface area contributed by atoms with Crippen LogP contribution in [-0.2, 0) is 4.79 Å². The zero-order valence-corrected chi connectivity index (χ0v) is 15.7. The Labute approximate surface area is 139 Å². The van der Waals surface area contributed by atoms with Crippen LogP contribution in [0.3, 0.4) is 0 Å². The maximum absolute atomic E-state index is 12.2. The predicted octanol–water partition coefficient (Wildman–Crippen LogP) is 4.99. The van der Waals surface area contributed by atoms with Gasteiger partial charge in [0, 0.05) is 6.42 Å². The van der Waals surface area contributed by atoms with Crippen LogP contribution < -0.4 is 5.73 Å². The summed E-state index contributed by atoms with van der Waals surface area (Å²) in [5.74, 6) is 0.283. The van der Waals surface area contributed by atoms with Crippen molar-refractivity contribution in [2.24, 2.45) is 5.73 Å². The Balaban J connectivity index is 3.48. The summed E-state index contributed by atoms with van der Waals surface area (Å²) in [7, 11) is 3.88. The summed E-state index contributed by atoms with van der Waals surface area (Å²) in [6.07, 6.45) is 16.0. The summed E-state index contributed by atoms with van der Waals surface area (Å²) in [5.41, 5.74) is 6.03. The molecule has 0 aromatic heterocycles. The lowest BCUT2D eigenvalue weighted by Gasteiger charge is -2.32. The van der Waals surface area contributed by atoms with Gasteiger partial charge >= 0.3 is 5.91 Å². The lowest BCUT2D eigenvalue weighted by molar-refractivity contribution is -0.841. The van der Waals surface area contributed by atoms with Crippen LogP contribution in [0.25, 0.3) is 0 Å². The summed E-state index contributed by atoms with van der Waals surface area (Å²) in [5, 5.41) is 0. The van der Waals surface area contributed by atoms with E-state index in [1.807, 2.05) is 21.0 Å². The van der Waals surface area contributed by atoms with Crippen LogP contribution in [0.2, 0.25) is 0 Å². The molecule has 0 aliphatic heterocycles. The molecule has 0 spiro atoms. The van der Waals surface area contributed by atoms with Crippen LogP contribution in [-0.4, -0.2) is 30.7 Å². The van der Waals surface area contributed by atoms with Crippen molar-refractivity contribution in [1.82, 2.24) is 0 Å². The molecule has 0 aromatic rings. The molecule has 0 saturated carbocycles. The van der Waals surface area contributed by atoms with Gasteiger partial charge in [0.05, 0.1) is 20.5 Å². The van der Waals surface area contributed by atoms with Crippen molar-refractivity contribution in [3.63, 3.8) is 0 Å². The highest BCUT2D eigenvalue weighted by Gasteiger charge is 2.31. The summed E-state index contributed by atoms with van der Waals surface area (Å²) in [6.45, 7) is 4.31. The SMILES string of the molecule is CCCCCCCCCCCCCC(=O)[N+](C)(C)C(N)CC. The molecule has 22 heavy (non-hydrogen) atoms. The predicted molar refractivity (Wildman–Crippen MR) is 96.5 cm³/mol. The van der Waals surface area contributed by atoms with Crippen molar-refractivity contribution >= 4 is 5.91 Å². The van der Waals surface area contributed by atoms with Crippen molar-refractivity contribution in [2.45, 2.75) is 103 Å². The van der Waals surface area contributed by atoms with Gasteiger partial charge in [-0.2, -0.15) is 0 Å². The minimum atomic E-state index is -0.0693. The van der Waals surface area contributed by atoms with Crippen molar-refractivity contribution in [2.75, 3.05) is 14.1 Å². The Hall–Kier alpha value is -0.410. The Morgan fingerprint density at radius 2 is 1.23 bits per heavy atom. The van der Waals surface area contributed by atoms with Gasteiger partial charge in [-0.05, 0) is 6.42 Å². The highest BCUT2D eigenvalue weighted by molar-refractivity contribution is 5.68. The number of carbonyl (C=O) groups is 1. The maximum Gasteiger partial charge on any atom is 0.314 e. The van der Waals surface area contributed by atoms with Crippen LogP contribution in [0.4, 0.5) is 0 Å². The van der Waals surface area contributed by atoms with E-state index >= 15 is 0 Å². The van der Waals surface area contributed by atoms with Crippen molar-refractivity contribution in [1.29, 1.82) is 0 Å². The van der Waals surface area contributed by atoms with Crippen molar-refractivity contribution in [3.05, 3.63) is 0 Å². The lowest BCUT2D eigenvalue weighted by atomic mass is 10.0. The number of carbonyl (C=O) groups excluding carboxylic acids is 1. The topological polar surface area (TPSA) is 43.1 Å². The standard InChI is InChI=1S/C19H41N2O/c1-5-7-8-9-10-11-12-13-14-15-16-17-19(22)21(3,4)18(20)6-2/h18H,5-17,20H2,1-4H3/q+1. The van der Waals surface area contributed by atoms with Gasteiger partial charge in [-0.1, -0.05) is 78.1 Å². The summed E-state index contributed by atoms with van der Waals surface area (Å²) >= 11 is 0. The molecule has 3 nitrogen and oxygen atoms in total. The minimum absolute atomic E-state index is 0.0693. The highest BCUT2D eigenvalue weighted by atomic mass is 16.2. The highest BCUT2D eigenvalue weighted by Crippen LogP contribution is 2.14. The van der Waals surface area contributed by atoms with Gasteiger partial charge in [0.25, 0.3) is 0 Å². The van der Waals surface area contributed by atoms with Crippen LogP contribution in [0, 0.1) is 0 Å². The quantitative estimate of drug-likeness (QED) is 0.279. The number of nitrogens with zero attached hydrogens (tertiary/aromatic N) is 1. The van der Waals surface area contributed by atoms with Gasteiger partial charge in [0.15, 0.2) is 0 Å². The first-order valence-electron chi connectivity index (χ1n) is 9.59. The number of amides is 1. The van der Waals surface area contributed by atoms with E-state index in [0.717, 1.165) is 12.8 Å². The summed E-state index contributed by atoms with van der Waals surface area (Å²) in [4.78, 5) is 12.2. The molecular formula is C19H41N2O+. The monoisotopic (exact) mass is 313 g/mol. The fourth-order valence-electron chi connectivity index (χ4n) is 2.87. The molecule has 132 valence electrons. The molecule has 0 heterocycles. The van der Waals surface area contributed by atoms with Crippen LogP contribution in [0.15, 0.2) is 0 Å². The van der Waals surface area contributed by atoms with Crippen molar-refractivity contribution < 1.29 is 9.28 Å². The molecule has 0 saturated heterocycles. The lowest BCUT2D eigenvalue weighted by Crippen LogP contribution is -2.57. The van der Waals surface area contributed by atoms with Crippen molar-refractivity contribution in [3.8, 4) is 0 Å². The molecule has 1 atom stereocenters. The van der Waals surface area contributed by atoms with E-state index in [9.17, 15) is 4.79 Å². The fourth-order valence-corrected chi connectivity index (χ4v) is 2.87. The summed E-state index contributed by atoms with van der Waals surface area (Å²) in [6, 6.07) is 0. The average molecular weight is 314 g/mol. The number of quaternary nitrogens is 1. The molecular weight excluding hydrogens is 272 g/mol. The second-order valence-corrected chi connectivity index (χ2v) is 7.19. The molecule has 0 radical (unpaired) electrons. The first kappa shape index (κ1) is 21.6. The van der Waals surface area contributed by atoms with Gasteiger partial charge in [-0.15, -0.1) is 0 Å². The van der Waals surface area contributed by atoms with Gasteiger partial charge in [-0.3, -0.25) is 10.2 Å². The normalized spacial score (nSPS) is 13.3. The van der Waals surface area contributed by atoms with E-state index in [1.54, 1.807) is 0 Å². The Morgan fingerprint density at radius 1 is 0.818 bits per heavy atom. The molecule has 0 bridgehead atoms. The fraction of sp³-hybridized carbons (Fsp3) is 0.947. The second-order valence-electron chi connectivity index (χ2n) is 7.19. The smallest absolute Gasteiger partial charge is 0.281 e. The molecule has 2 N–H and O–H groups in total. The third-order valence-electron chi connectivity index (χ3n) is 4.88. The molecule has 0 rings (SSSR count). The van der Waals surface area contributed by atoms with Gasteiger partial charge < -0.3 is 0 Å². The molecule has 1 amide bonds. The van der Waals surface area contributed by atoms with E-state index in [1.165, 1.54) is 64.2 Å².